The number of hydrogen-bond donors (Lipinski definition) is 0. The van der Waals surface area contributed by atoms with E-state index in [1.165, 1.54) is 18.2 Å². The Labute approximate surface area is 87.7 Å². The van der Waals surface area contributed by atoms with Gasteiger partial charge in [0, 0.05) is 5.56 Å². The summed E-state index contributed by atoms with van der Waals surface area (Å²) >= 11 is 0. The van der Waals surface area contributed by atoms with Crippen molar-refractivity contribution in [1.82, 2.24) is 0 Å². The molecule has 3 heteroatoms. The number of allylic oxidation sites excluding steroid dienone is 1. The number of halogens is 2. The van der Waals surface area contributed by atoms with Crippen LogP contribution in [0.4, 0.5) is 8.78 Å². The Morgan fingerprint density at radius 1 is 1.53 bits per heavy atom. The molecule has 0 spiro atoms. The van der Waals surface area contributed by atoms with Crippen LogP contribution in [0.3, 0.4) is 0 Å². The molecule has 1 atom stereocenters. The minimum Gasteiger partial charge on any atom is -0.204 e. The van der Waals surface area contributed by atoms with Gasteiger partial charge >= 0.3 is 0 Å². The minimum absolute atomic E-state index is 0.0740. The van der Waals surface area contributed by atoms with Crippen molar-refractivity contribution in [3.8, 4) is 6.07 Å². The molecule has 0 N–H and O–H groups in total. The Balaban J connectivity index is 3.31. The van der Waals surface area contributed by atoms with E-state index in [1.54, 1.807) is 6.92 Å². The lowest BCUT2D eigenvalue weighted by Gasteiger charge is -2.20. The molecule has 0 aliphatic rings. The summed E-state index contributed by atoms with van der Waals surface area (Å²) in [7, 11) is 0. The van der Waals surface area contributed by atoms with Crippen molar-refractivity contribution in [2.45, 2.75) is 18.8 Å². The van der Waals surface area contributed by atoms with Crippen LogP contribution >= 0.6 is 0 Å². The zero-order chi connectivity index (χ0) is 11.5. The van der Waals surface area contributed by atoms with Gasteiger partial charge in [-0.05, 0) is 19.4 Å². The molecule has 0 aromatic heterocycles. The molecule has 1 aromatic carbocycles. The van der Waals surface area contributed by atoms with E-state index in [0.29, 0.717) is 0 Å². The largest absolute Gasteiger partial charge is 0.204 e. The first-order valence-corrected chi connectivity index (χ1v) is 4.52. The van der Waals surface area contributed by atoms with E-state index in [4.69, 9.17) is 5.26 Å². The molecule has 0 amide bonds. The van der Waals surface area contributed by atoms with Gasteiger partial charge in [-0.25, -0.2) is 8.78 Å². The predicted octanol–water partition coefficient (Wildman–Crippen LogP) is 3.32. The molecule has 0 bridgehead atoms. The third-order valence-electron chi connectivity index (χ3n) is 2.35. The second kappa shape index (κ2) is 4.22. The van der Waals surface area contributed by atoms with Gasteiger partial charge < -0.3 is 0 Å². The molecular formula is C12H11F2N. The zero-order valence-electron chi connectivity index (χ0n) is 8.43. The quantitative estimate of drug-likeness (QED) is 0.697. The van der Waals surface area contributed by atoms with Gasteiger partial charge in [-0.15, -0.1) is 6.58 Å². The van der Waals surface area contributed by atoms with Crippen LogP contribution in [0.5, 0.6) is 0 Å². The molecule has 0 saturated carbocycles. The molecule has 1 aromatic rings. The highest BCUT2D eigenvalue weighted by atomic mass is 19.2. The fraction of sp³-hybridized carbons (Fsp3) is 0.250. The fourth-order valence-corrected chi connectivity index (χ4v) is 1.43. The van der Waals surface area contributed by atoms with Crippen LogP contribution in [0.2, 0.25) is 0 Å². The molecule has 1 rings (SSSR count). The zero-order valence-corrected chi connectivity index (χ0v) is 8.43. The summed E-state index contributed by atoms with van der Waals surface area (Å²) in [6.45, 7) is 5.07. The number of benzene rings is 1. The van der Waals surface area contributed by atoms with Crippen molar-refractivity contribution in [2.24, 2.45) is 0 Å². The Kier molecular flexibility index (Phi) is 3.21. The summed E-state index contributed by atoms with van der Waals surface area (Å²) in [4.78, 5) is 0. The molecule has 15 heavy (non-hydrogen) atoms. The van der Waals surface area contributed by atoms with Gasteiger partial charge in [-0.3, -0.25) is 0 Å². The Bertz CT molecular complexity index is 420. The lowest BCUT2D eigenvalue weighted by molar-refractivity contribution is 0.473. The smallest absolute Gasteiger partial charge is 0.163 e. The summed E-state index contributed by atoms with van der Waals surface area (Å²) in [5, 5.41) is 9.00. The van der Waals surface area contributed by atoms with Crippen molar-refractivity contribution in [3.05, 3.63) is 48.1 Å². The number of nitrogens with zero attached hydrogens (tertiary/aromatic N) is 1. The SMILES string of the molecule is C=CCC(C)(C#N)c1cccc(F)c1F. The molecule has 0 saturated heterocycles. The number of rotatable bonds is 3. The molecule has 0 heterocycles. The van der Waals surface area contributed by atoms with Gasteiger partial charge in [0.05, 0.1) is 11.5 Å². The first-order chi connectivity index (χ1) is 7.05. The van der Waals surface area contributed by atoms with Crippen LogP contribution in [0, 0.1) is 23.0 Å². The molecule has 0 aliphatic heterocycles. The van der Waals surface area contributed by atoms with E-state index < -0.39 is 17.0 Å². The third kappa shape index (κ3) is 2.04. The summed E-state index contributed by atoms with van der Waals surface area (Å²) in [6, 6.07) is 5.84. The van der Waals surface area contributed by atoms with Crippen molar-refractivity contribution in [1.29, 1.82) is 5.26 Å². The average molecular weight is 207 g/mol. The highest BCUT2D eigenvalue weighted by Gasteiger charge is 2.29. The molecule has 0 aliphatic carbocycles. The standard InChI is InChI=1S/C12H11F2N/c1-3-7-12(2,8-15)9-5-4-6-10(13)11(9)14/h3-6H,1,7H2,2H3. The summed E-state index contributed by atoms with van der Waals surface area (Å²) in [6.07, 6.45) is 1.80. The maximum atomic E-state index is 13.4. The maximum absolute atomic E-state index is 13.4. The fourth-order valence-electron chi connectivity index (χ4n) is 1.43. The molecule has 78 valence electrons. The second-order valence-corrected chi connectivity index (χ2v) is 3.54. The highest BCUT2D eigenvalue weighted by Crippen LogP contribution is 2.30. The topological polar surface area (TPSA) is 23.8 Å². The minimum atomic E-state index is -1.06. The highest BCUT2D eigenvalue weighted by molar-refractivity contribution is 5.33. The van der Waals surface area contributed by atoms with Gasteiger partial charge in [0.25, 0.3) is 0 Å². The van der Waals surface area contributed by atoms with Gasteiger partial charge in [0.1, 0.15) is 0 Å². The van der Waals surface area contributed by atoms with E-state index in [1.807, 2.05) is 6.07 Å². The van der Waals surface area contributed by atoms with Crippen molar-refractivity contribution in [2.75, 3.05) is 0 Å². The van der Waals surface area contributed by atoms with Gasteiger partial charge in [0.2, 0.25) is 0 Å². The molecule has 1 unspecified atom stereocenters. The molecule has 0 fully saturated rings. The van der Waals surface area contributed by atoms with Crippen LogP contribution in [0.1, 0.15) is 18.9 Å². The lowest BCUT2D eigenvalue weighted by Crippen LogP contribution is -2.20. The van der Waals surface area contributed by atoms with Crippen molar-refractivity contribution >= 4 is 0 Å². The van der Waals surface area contributed by atoms with Crippen LogP contribution in [-0.2, 0) is 5.41 Å². The van der Waals surface area contributed by atoms with Gasteiger partial charge in [-0.2, -0.15) is 5.26 Å². The van der Waals surface area contributed by atoms with Gasteiger partial charge in [0.15, 0.2) is 11.6 Å². The number of hydrogen-bond acceptors (Lipinski definition) is 1. The second-order valence-electron chi connectivity index (χ2n) is 3.54. The maximum Gasteiger partial charge on any atom is 0.163 e. The van der Waals surface area contributed by atoms with Crippen LogP contribution < -0.4 is 0 Å². The normalized spacial score (nSPS) is 14.0. The van der Waals surface area contributed by atoms with E-state index in [2.05, 4.69) is 6.58 Å². The summed E-state index contributed by atoms with van der Waals surface area (Å²) in [5.74, 6) is -1.89. The van der Waals surface area contributed by atoms with Crippen LogP contribution in [0.15, 0.2) is 30.9 Å². The Morgan fingerprint density at radius 3 is 2.73 bits per heavy atom. The number of nitriles is 1. The van der Waals surface area contributed by atoms with Crippen molar-refractivity contribution < 1.29 is 8.78 Å². The van der Waals surface area contributed by atoms with Crippen LogP contribution in [0.25, 0.3) is 0 Å². The first kappa shape index (κ1) is 11.4. The monoisotopic (exact) mass is 207 g/mol. The van der Waals surface area contributed by atoms with Crippen molar-refractivity contribution in [3.63, 3.8) is 0 Å². The molecule has 0 radical (unpaired) electrons. The Hall–Kier alpha value is -1.69. The van der Waals surface area contributed by atoms with Crippen LogP contribution in [-0.4, -0.2) is 0 Å². The van der Waals surface area contributed by atoms with E-state index in [9.17, 15) is 8.78 Å². The van der Waals surface area contributed by atoms with E-state index >= 15 is 0 Å². The summed E-state index contributed by atoms with van der Waals surface area (Å²) < 4.78 is 26.4. The lowest BCUT2D eigenvalue weighted by atomic mass is 9.80. The van der Waals surface area contributed by atoms with E-state index in [-0.39, 0.29) is 12.0 Å². The average Bonchev–Trinajstić information content (AvgIpc) is 2.22. The Morgan fingerprint density at radius 2 is 2.20 bits per heavy atom. The van der Waals surface area contributed by atoms with Gasteiger partial charge in [-0.1, -0.05) is 18.2 Å². The molecular weight excluding hydrogens is 196 g/mol. The first-order valence-electron chi connectivity index (χ1n) is 4.52. The summed E-state index contributed by atoms with van der Waals surface area (Å²) in [5.41, 5.74) is -0.988. The predicted molar refractivity (Wildman–Crippen MR) is 54.1 cm³/mol. The third-order valence-corrected chi connectivity index (χ3v) is 2.35. The van der Waals surface area contributed by atoms with E-state index in [0.717, 1.165) is 6.07 Å². The molecule has 1 nitrogen and oxygen atoms in total.